The summed E-state index contributed by atoms with van der Waals surface area (Å²) in [4.78, 5) is 11.1. The second-order valence-corrected chi connectivity index (χ2v) is 6.65. The molecule has 1 radical (unpaired) electrons. The average Bonchev–Trinajstić information content (AvgIpc) is 2.38. The Morgan fingerprint density at radius 2 is 1.50 bits per heavy atom. The van der Waals surface area contributed by atoms with Crippen molar-refractivity contribution >= 4 is 6.29 Å². The smallest absolute Gasteiger partial charge is 0.233 e. The van der Waals surface area contributed by atoms with Gasteiger partial charge in [-0.3, -0.25) is 4.79 Å². The molecular weight excluding hydrogens is 220 g/mol. The molecule has 0 atom stereocenters. The number of hydrogen-bond donors (Lipinski definition) is 0. The van der Waals surface area contributed by atoms with Crippen LogP contribution in [0.4, 0.5) is 0 Å². The monoisotopic (exact) mass is 239 g/mol. The molecule has 0 saturated heterocycles. The number of benzene rings is 1. The predicted molar refractivity (Wildman–Crippen MR) is 71.0 cm³/mol. The lowest BCUT2D eigenvalue weighted by molar-refractivity contribution is -0.00283. The molecule has 0 unspecified atom stereocenters. The largest absolute Gasteiger partial charge is 0.285 e. The van der Waals surface area contributed by atoms with E-state index in [9.17, 15) is 4.79 Å². The van der Waals surface area contributed by atoms with Gasteiger partial charge >= 0.3 is 0 Å². The number of rotatable bonds is 2. The lowest BCUT2D eigenvalue weighted by Gasteiger charge is -2.54. The fourth-order valence-electron chi connectivity index (χ4n) is 5.31. The van der Waals surface area contributed by atoms with Gasteiger partial charge < -0.3 is 0 Å². The second kappa shape index (κ2) is 3.94. The highest BCUT2D eigenvalue weighted by molar-refractivity contribution is 5.78. The Hall–Kier alpha value is -1.11. The first kappa shape index (κ1) is 10.8. The highest BCUT2D eigenvalue weighted by atomic mass is 16.1. The van der Waals surface area contributed by atoms with Crippen molar-refractivity contribution in [3.8, 4) is 0 Å². The molecule has 4 bridgehead atoms. The minimum atomic E-state index is 0.649. The van der Waals surface area contributed by atoms with Crippen molar-refractivity contribution in [3.05, 3.63) is 35.4 Å². The third kappa shape index (κ3) is 1.49. The van der Waals surface area contributed by atoms with Gasteiger partial charge in [0.2, 0.25) is 6.29 Å². The van der Waals surface area contributed by atoms with E-state index in [1.807, 2.05) is 12.1 Å². The molecule has 0 aliphatic heterocycles. The zero-order chi connectivity index (χ0) is 12.1. The van der Waals surface area contributed by atoms with Gasteiger partial charge in [0.25, 0.3) is 0 Å². The standard InChI is InChI=1S/C17H19O/c18-10-13-3-1-2-4-16(13)17-14-6-11-5-12(8-14)9-15(17)7-11/h1-4,11-12,14-15,17H,5-9H2. The molecular formula is C17H19O. The summed E-state index contributed by atoms with van der Waals surface area (Å²) in [5.41, 5.74) is 2.11. The molecule has 5 rings (SSSR count). The van der Waals surface area contributed by atoms with Crippen molar-refractivity contribution < 1.29 is 4.79 Å². The molecule has 18 heavy (non-hydrogen) atoms. The molecule has 0 amide bonds. The molecule has 1 heteroatoms. The summed E-state index contributed by atoms with van der Waals surface area (Å²) in [7, 11) is 0. The van der Waals surface area contributed by atoms with Gasteiger partial charge in [-0.2, -0.15) is 0 Å². The van der Waals surface area contributed by atoms with Gasteiger partial charge in [-0.15, -0.1) is 0 Å². The second-order valence-electron chi connectivity index (χ2n) is 6.65. The van der Waals surface area contributed by atoms with E-state index in [1.165, 1.54) is 37.7 Å². The first-order chi connectivity index (χ1) is 8.85. The van der Waals surface area contributed by atoms with Crippen molar-refractivity contribution in [3.63, 3.8) is 0 Å². The van der Waals surface area contributed by atoms with Crippen LogP contribution in [0, 0.1) is 23.7 Å². The summed E-state index contributed by atoms with van der Waals surface area (Å²) in [6.07, 6.45) is 9.27. The van der Waals surface area contributed by atoms with Crippen molar-refractivity contribution in [1.82, 2.24) is 0 Å². The molecule has 93 valence electrons. The number of carbonyl (C=O) groups excluding carboxylic acids is 1. The SMILES string of the molecule is O=[C]c1ccccc1C1C2CC3CC(C2)CC1C3. The van der Waals surface area contributed by atoms with Crippen LogP contribution in [0.5, 0.6) is 0 Å². The molecule has 4 fully saturated rings. The maximum Gasteiger partial charge on any atom is 0.233 e. The van der Waals surface area contributed by atoms with E-state index in [-0.39, 0.29) is 0 Å². The van der Waals surface area contributed by atoms with Gasteiger partial charge in [0, 0.05) is 5.56 Å². The molecule has 4 aliphatic carbocycles. The van der Waals surface area contributed by atoms with Crippen LogP contribution in [-0.4, -0.2) is 6.29 Å². The molecule has 1 aromatic carbocycles. The molecule has 0 N–H and O–H groups in total. The van der Waals surface area contributed by atoms with Gasteiger partial charge in [-0.1, -0.05) is 24.3 Å². The maximum absolute atomic E-state index is 11.1. The van der Waals surface area contributed by atoms with Crippen LogP contribution in [0.1, 0.15) is 49.1 Å². The van der Waals surface area contributed by atoms with E-state index >= 15 is 0 Å². The van der Waals surface area contributed by atoms with E-state index in [4.69, 9.17) is 0 Å². The molecule has 1 aromatic rings. The lowest BCUT2D eigenvalue weighted by atomic mass is 9.50. The van der Waals surface area contributed by atoms with Crippen molar-refractivity contribution in [2.24, 2.45) is 23.7 Å². The fourth-order valence-corrected chi connectivity index (χ4v) is 5.31. The van der Waals surface area contributed by atoms with Gasteiger partial charge in [-0.25, -0.2) is 0 Å². The van der Waals surface area contributed by atoms with Gasteiger partial charge in [0.15, 0.2) is 0 Å². The van der Waals surface area contributed by atoms with Crippen LogP contribution >= 0.6 is 0 Å². The Kier molecular flexibility index (Phi) is 2.36. The van der Waals surface area contributed by atoms with Crippen molar-refractivity contribution in [2.45, 2.75) is 38.0 Å². The van der Waals surface area contributed by atoms with Gasteiger partial charge in [0.05, 0.1) is 0 Å². The zero-order valence-corrected chi connectivity index (χ0v) is 10.6. The van der Waals surface area contributed by atoms with Crippen LogP contribution in [-0.2, 0) is 4.79 Å². The predicted octanol–water partition coefficient (Wildman–Crippen LogP) is 3.68. The fraction of sp³-hybridized carbons (Fsp3) is 0.588. The van der Waals surface area contributed by atoms with Crippen LogP contribution in [0.2, 0.25) is 0 Å². The maximum atomic E-state index is 11.1. The Morgan fingerprint density at radius 3 is 2.11 bits per heavy atom. The summed E-state index contributed by atoms with van der Waals surface area (Å²) in [5, 5.41) is 0. The highest BCUT2D eigenvalue weighted by Crippen LogP contribution is 2.59. The topological polar surface area (TPSA) is 17.1 Å². The Morgan fingerprint density at radius 1 is 0.889 bits per heavy atom. The summed E-state index contributed by atoms with van der Waals surface area (Å²) in [5.74, 6) is 4.33. The highest BCUT2D eigenvalue weighted by Gasteiger charge is 2.48. The van der Waals surface area contributed by atoms with Crippen LogP contribution < -0.4 is 0 Å². The summed E-state index contributed by atoms with van der Waals surface area (Å²) >= 11 is 0. The zero-order valence-electron chi connectivity index (χ0n) is 10.6. The third-order valence-corrected chi connectivity index (χ3v) is 5.66. The van der Waals surface area contributed by atoms with Crippen LogP contribution in [0.3, 0.4) is 0 Å². The Bertz CT molecular complexity index is 448. The summed E-state index contributed by atoms with van der Waals surface area (Å²) in [6, 6.07) is 8.15. The Balaban J connectivity index is 1.74. The normalized spacial score (nSPS) is 41.0. The first-order valence-electron chi connectivity index (χ1n) is 7.32. The minimum absolute atomic E-state index is 0.649. The van der Waals surface area contributed by atoms with Crippen molar-refractivity contribution in [1.29, 1.82) is 0 Å². The molecule has 0 aromatic heterocycles. The Labute approximate surface area is 109 Å². The third-order valence-electron chi connectivity index (χ3n) is 5.66. The van der Waals surface area contributed by atoms with E-state index in [0.717, 1.165) is 29.2 Å². The quantitative estimate of drug-likeness (QED) is 0.769. The van der Waals surface area contributed by atoms with Crippen LogP contribution in [0.25, 0.3) is 0 Å². The molecule has 4 aliphatic rings. The molecule has 4 saturated carbocycles. The minimum Gasteiger partial charge on any atom is -0.285 e. The van der Waals surface area contributed by atoms with Crippen LogP contribution in [0.15, 0.2) is 24.3 Å². The van der Waals surface area contributed by atoms with E-state index < -0.39 is 0 Å². The van der Waals surface area contributed by atoms with E-state index in [0.29, 0.717) is 5.92 Å². The first-order valence-corrected chi connectivity index (χ1v) is 7.32. The lowest BCUT2D eigenvalue weighted by Crippen LogP contribution is -2.44. The molecule has 1 nitrogen and oxygen atoms in total. The summed E-state index contributed by atoms with van der Waals surface area (Å²) < 4.78 is 0. The number of hydrogen-bond acceptors (Lipinski definition) is 1. The molecule has 0 heterocycles. The van der Waals surface area contributed by atoms with Gasteiger partial charge in [0.1, 0.15) is 0 Å². The average molecular weight is 239 g/mol. The summed E-state index contributed by atoms with van der Waals surface area (Å²) in [6.45, 7) is 0. The van der Waals surface area contributed by atoms with E-state index in [1.54, 1.807) is 0 Å². The van der Waals surface area contributed by atoms with E-state index in [2.05, 4.69) is 18.4 Å². The van der Waals surface area contributed by atoms with Crippen molar-refractivity contribution in [2.75, 3.05) is 0 Å². The molecule has 0 spiro atoms. The van der Waals surface area contributed by atoms with Gasteiger partial charge in [-0.05, 0) is 67.3 Å².